The molecule has 0 aromatic rings. The van der Waals surface area contributed by atoms with E-state index in [1.54, 1.807) is 0 Å². The van der Waals surface area contributed by atoms with Gasteiger partial charge in [-0.1, -0.05) is 199 Å². The van der Waals surface area contributed by atoms with Crippen LogP contribution in [0.4, 0.5) is 0 Å². The molecule has 0 aliphatic carbocycles. The molecule has 0 spiro atoms. The molecule has 7 atom stereocenters. The molecule has 1 heterocycles. The predicted octanol–water partition coefficient (Wildman–Crippen LogP) is 10.5. The molecule has 6 N–H and O–H groups in total. The third-order valence-electron chi connectivity index (χ3n) is 11.9. The molecule has 1 rings (SSSR count). The smallest absolute Gasteiger partial charge is 0.220 e. The fraction of sp³-hybridized carbons (Fsp3) is 0.938. The van der Waals surface area contributed by atoms with Gasteiger partial charge in [0.25, 0.3) is 0 Å². The summed E-state index contributed by atoms with van der Waals surface area (Å²) in [4.78, 5) is 13.0. The quantitative estimate of drug-likeness (QED) is 0.0264. The predicted molar refractivity (Wildman–Crippen MR) is 235 cm³/mol. The number of amides is 1. The highest BCUT2D eigenvalue weighted by atomic mass is 16.7. The minimum Gasteiger partial charge on any atom is -0.394 e. The Labute approximate surface area is 350 Å². The Morgan fingerprint density at radius 1 is 0.579 bits per heavy atom. The van der Waals surface area contributed by atoms with Crippen LogP contribution >= 0.6 is 0 Å². The third-order valence-corrected chi connectivity index (χ3v) is 11.9. The van der Waals surface area contributed by atoms with Gasteiger partial charge in [-0.3, -0.25) is 4.79 Å². The van der Waals surface area contributed by atoms with Crippen LogP contribution in [0, 0.1) is 0 Å². The Bertz CT molecular complexity index is 904. The molecule has 9 heteroatoms. The number of unbranched alkanes of at least 4 members (excludes halogenated alkanes) is 29. The van der Waals surface area contributed by atoms with Crippen molar-refractivity contribution < 1.29 is 39.8 Å². The Hall–Kier alpha value is -1.07. The molecule has 57 heavy (non-hydrogen) atoms. The SMILES string of the molecule is CCCCCC/C=C\CCCCCCCC(=O)NC(COC1OC(CO)C(O)C(O)C1O)C(O)CCCCCCCCCCCCCCCCCCCCCCC. The zero-order valence-corrected chi connectivity index (χ0v) is 37.1. The molecule has 9 nitrogen and oxygen atoms in total. The zero-order valence-electron chi connectivity index (χ0n) is 37.1. The monoisotopic (exact) mass is 812 g/mol. The van der Waals surface area contributed by atoms with E-state index in [9.17, 15) is 30.3 Å². The van der Waals surface area contributed by atoms with Crippen molar-refractivity contribution in [2.75, 3.05) is 13.2 Å². The molecular formula is C48H93NO8. The highest BCUT2D eigenvalue weighted by Gasteiger charge is 2.44. The van der Waals surface area contributed by atoms with Crippen LogP contribution < -0.4 is 5.32 Å². The molecule has 0 aromatic carbocycles. The van der Waals surface area contributed by atoms with Crippen molar-refractivity contribution in [1.82, 2.24) is 5.32 Å². The first-order chi connectivity index (χ1) is 27.8. The number of ether oxygens (including phenoxy) is 2. The van der Waals surface area contributed by atoms with Crippen LogP contribution in [0.5, 0.6) is 0 Å². The molecule has 0 saturated carbocycles. The van der Waals surface area contributed by atoms with Crippen molar-refractivity contribution >= 4 is 5.91 Å². The number of aliphatic hydroxyl groups excluding tert-OH is 5. The second-order valence-corrected chi connectivity index (χ2v) is 17.3. The maximum Gasteiger partial charge on any atom is 0.220 e. The van der Waals surface area contributed by atoms with Crippen LogP contribution in [0.3, 0.4) is 0 Å². The van der Waals surface area contributed by atoms with E-state index in [0.29, 0.717) is 12.8 Å². The van der Waals surface area contributed by atoms with Gasteiger partial charge in [0.2, 0.25) is 5.91 Å². The maximum atomic E-state index is 13.0. The molecule has 0 aromatic heterocycles. The minimum atomic E-state index is -1.55. The molecule has 1 saturated heterocycles. The van der Waals surface area contributed by atoms with Gasteiger partial charge in [-0.15, -0.1) is 0 Å². The summed E-state index contributed by atoms with van der Waals surface area (Å²) < 4.78 is 11.3. The van der Waals surface area contributed by atoms with Crippen LogP contribution in [0.2, 0.25) is 0 Å². The maximum absolute atomic E-state index is 13.0. The Balaban J connectivity index is 2.27. The first kappa shape index (κ1) is 53.9. The van der Waals surface area contributed by atoms with Crippen molar-refractivity contribution in [3.63, 3.8) is 0 Å². The van der Waals surface area contributed by atoms with Gasteiger partial charge >= 0.3 is 0 Å². The Morgan fingerprint density at radius 2 is 0.982 bits per heavy atom. The van der Waals surface area contributed by atoms with Gasteiger partial charge in [0.15, 0.2) is 6.29 Å². The summed E-state index contributed by atoms with van der Waals surface area (Å²) in [6.07, 6.45) is 37.9. The van der Waals surface area contributed by atoms with Crippen molar-refractivity contribution in [1.29, 1.82) is 0 Å². The highest BCUT2D eigenvalue weighted by Crippen LogP contribution is 2.23. The molecule has 1 aliphatic rings. The molecule has 7 unspecified atom stereocenters. The van der Waals surface area contributed by atoms with E-state index in [2.05, 4.69) is 31.3 Å². The Kier molecular flexibility index (Phi) is 37.0. The first-order valence-corrected chi connectivity index (χ1v) is 24.4. The minimum absolute atomic E-state index is 0.138. The second kappa shape index (κ2) is 39.1. The fourth-order valence-electron chi connectivity index (χ4n) is 7.92. The summed E-state index contributed by atoms with van der Waals surface area (Å²) in [5, 5.41) is 54.4. The summed E-state index contributed by atoms with van der Waals surface area (Å²) in [5.41, 5.74) is 0. The van der Waals surface area contributed by atoms with Crippen LogP contribution in [0.1, 0.15) is 232 Å². The van der Waals surface area contributed by atoms with Gasteiger partial charge in [0.05, 0.1) is 25.4 Å². The molecule has 1 aliphatic heterocycles. The third kappa shape index (κ3) is 29.7. The fourth-order valence-corrected chi connectivity index (χ4v) is 7.92. The largest absolute Gasteiger partial charge is 0.394 e. The van der Waals surface area contributed by atoms with Gasteiger partial charge < -0.3 is 40.3 Å². The molecule has 1 amide bonds. The lowest BCUT2D eigenvalue weighted by molar-refractivity contribution is -0.302. The van der Waals surface area contributed by atoms with E-state index in [4.69, 9.17) is 9.47 Å². The molecule has 0 bridgehead atoms. The number of hydrogen-bond acceptors (Lipinski definition) is 8. The van der Waals surface area contributed by atoms with Gasteiger partial charge in [-0.2, -0.15) is 0 Å². The summed E-state index contributed by atoms with van der Waals surface area (Å²) >= 11 is 0. The van der Waals surface area contributed by atoms with Crippen LogP contribution in [0.15, 0.2) is 12.2 Å². The van der Waals surface area contributed by atoms with Gasteiger partial charge in [-0.05, 0) is 38.5 Å². The number of hydrogen-bond donors (Lipinski definition) is 6. The van der Waals surface area contributed by atoms with Crippen LogP contribution in [-0.4, -0.2) is 87.5 Å². The Morgan fingerprint density at radius 3 is 1.44 bits per heavy atom. The lowest BCUT2D eigenvalue weighted by atomic mass is 9.99. The van der Waals surface area contributed by atoms with Gasteiger partial charge in [-0.25, -0.2) is 0 Å². The molecule has 0 radical (unpaired) electrons. The summed E-state index contributed by atoms with van der Waals surface area (Å²) in [6.45, 7) is 3.83. The molecular weight excluding hydrogens is 719 g/mol. The highest BCUT2D eigenvalue weighted by molar-refractivity contribution is 5.76. The normalized spacial score (nSPS) is 21.0. The van der Waals surface area contributed by atoms with Crippen molar-refractivity contribution in [3.8, 4) is 0 Å². The van der Waals surface area contributed by atoms with E-state index >= 15 is 0 Å². The van der Waals surface area contributed by atoms with Crippen LogP contribution in [-0.2, 0) is 14.3 Å². The standard InChI is InChI=1S/C48H93NO8/c1-3-5-7-9-11-13-15-17-18-19-20-21-22-23-24-26-27-29-31-33-35-37-42(51)41(40-56-48-47(55)46(54)45(53)43(39-50)57-48)49-44(52)38-36-34-32-30-28-25-16-14-12-10-8-6-4-2/h14,16,41-43,45-48,50-51,53-55H,3-13,15,17-40H2,1-2H3,(H,49,52)/b16-14-. The number of allylic oxidation sites excluding steroid dienone is 2. The molecule has 1 fully saturated rings. The summed E-state index contributed by atoms with van der Waals surface area (Å²) in [5.74, 6) is -0.152. The first-order valence-electron chi connectivity index (χ1n) is 24.4. The number of carbonyl (C=O) groups is 1. The average molecular weight is 812 g/mol. The summed E-state index contributed by atoms with van der Waals surface area (Å²) in [7, 11) is 0. The van der Waals surface area contributed by atoms with E-state index < -0.39 is 49.5 Å². The lowest BCUT2D eigenvalue weighted by Gasteiger charge is -2.40. The van der Waals surface area contributed by atoms with E-state index in [1.165, 1.54) is 154 Å². The van der Waals surface area contributed by atoms with Crippen molar-refractivity contribution in [2.24, 2.45) is 0 Å². The average Bonchev–Trinajstić information content (AvgIpc) is 3.21. The number of rotatable bonds is 41. The van der Waals surface area contributed by atoms with Crippen LogP contribution in [0.25, 0.3) is 0 Å². The summed E-state index contributed by atoms with van der Waals surface area (Å²) in [6, 6.07) is -0.719. The van der Waals surface area contributed by atoms with Crippen molar-refractivity contribution in [2.45, 2.75) is 275 Å². The number of carbonyl (C=O) groups excluding carboxylic acids is 1. The molecule has 338 valence electrons. The lowest BCUT2D eigenvalue weighted by Crippen LogP contribution is -2.60. The number of nitrogens with one attached hydrogen (secondary N) is 1. The van der Waals surface area contributed by atoms with Crippen molar-refractivity contribution in [3.05, 3.63) is 12.2 Å². The van der Waals surface area contributed by atoms with Gasteiger partial charge in [0, 0.05) is 6.42 Å². The topological polar surface area (TPSA) is 149 Å². The second-order valence-electron chi connectivity index (χ2n) is 17.3. The van der Waals surface area contributed by atoms with E-state index in [-0.39, 0.29) is 12.5 Å². The number of aliphatic hydroxyl groups is 5. The van der Waals surface area contributed by atoms with Gasteiger partial charge in [0.1, 0.15) is 24.4 Å². The zero-order chi connectivity index (χ0) is 41.6. The van der Waals surface area contributed by atoms with E-state index in [1.807, 2.05) is 0 Å². The van der Waals surface area contributed by atoms with E-state index in [0.717, 1.165) is 51.4 Å².